The van der Waals surface area contributed by atoms with Gasteiger partial charge in [-0.15, -0.1) is 0 Å². The minimum Gasteiger partial charge on any atom is -0.369 e. The monoisotopic (exact) mass is 225 g/mol. The average molecular weight is 225 g/mol. The molecule has 80 valence electrons. The smallest absolute Gasteiger partial charge is 0.284 e. The molecule has 2 aliphatic heterocycles. The Morgan fingerprint density at radius 3 is 2.87 bits per heavy atom. The molecule has 0 aromatic rings. The van der Waals surface area contributed by atoms with Crippen molar-refractivity contribution in [3.8, 4) is 0 Å². The van der Waals surface area contributed by atoms with E-state index in [1.165, 1.54) is 16.1 Å². The second kappa shape index (κ2) is 3.56. The minimum absolute atomic E-state index is 0.487. The van der Waals surface area contributed by atoms with Crippen LogP contribution in [0, 0.1) is 0 Å². The molecule has 2 aliphatic rings. The van der Waals surface area contributed by atoms with E-state index in [0.29, 0.717) is 0 Å². The van der Waals surface area contributed by atoms with Crippen molar-refractivity contribution in [2.45, 2.75) is 6.23 Å². The number of aliphatic hydroxyl groups is 1. The number of allylic oxidation sites excluding steroid dienone is 2. The van der Waals surface area contributed by atoms with Gasteiger partial charge >= 0.3 is 0 Å². The number of amides is 1. The molecule has 3 N–H and O–H groups in total. The van der Waals surface area contributed by atoms with E-state index >= 15 is 0 Å². The molecule has 5 nitrogen and oxygen atoms in total. The van der Waals surface area contributed by atoms with Crippen molar-refractivity contribution in [2.75, 3.05) is 0 Å². The Bertz CT molecular complexity index is 388. The van der Waals surface area contributed by atoms with Crippen molar-refractivity contribution in [3.63, 3.8) is 0 Å². The van der Waals surface area contributed by atoms with Crippen LogP contribution in [0.15, 0.2) is 41.0 Å². The van der Waals surface area contributed by atoms with E-state index in [0.717, 1.165) is 0 Å². The zero-order valence-electron chi connectivity index (χ0n) is 7.85. The number of hydrogen-bond acceptors (Lipinski definition) is 4. The molecule has 2 atom stereocenters. The first kappa shape index (κ1) is 10.0. The zero-order chi connectivity index (χ0) is 10.9. The third-order valence-electron chi connectivity index (χ3n) is 2.14. The molecule has 0 aromatic heterocycles. The first-order valence-corrected chi connectivity index (χ1v) is 6.02. The Kier molecular flexibility index (Phi) is 2.37. The van der Waals surface area contributed by atoms with Crippen LogP contribution in [0.2, 0.25) is 0 Å². The lowest BCUT2D eigenvalue weighted by molar-refractivity contribution is 0.141. The van der Waals surface area contributed by atoms with Crippen molar-refractivity contribution >= 4 is 21.0 Å². The summed E-state index contributed by atoms with van der Waals surface area (Å²) in [4.78, 5) is 15.4. The van der Waals surface area contributed by atoms with Gasteiger partial charge in [0.15, 0.2) is 6.23 Å². The van der Waals surface area contributed by atoms with E-state index < -0.39 is 21.7 Å². The van der Waals surface area contributed by atoms with Crippen molar-refractivity contribution < 1.29 is 9.90 Å². The molecule has 2 heterocycles. The molecule has 0 bridgehead atoms. The number of aliphatic imine (C=N–C) groups is 1. The van der Waals surface area contributed by atoms with Gasteiger partial charge in [0.05, 0.1) is 5.55 Å². The predicted octanol–water partition coefficient (Wildman–Crippen LogP) is 1.00. The van der Waals surface area contributed by atoms with Crippen molar-refractivity contribution in [2.24, 2.45) is 10.7 Å². The summed E-state index contributed by atoms with van der Waals surface area (Å²) in [6.07, 6.45) is 7.37. The minimum atomic E-state index is -2.12. The number of carbonyl (C=O) groups is 1. The summed E-state index contributed by atoms with van der Waals surface area (Å²) < 4.78 is 1.53. The molecule has 2 rings (SSSR count). The van der Waals surface area contributed by atoms with Crippen LogP contribution in [0.25, 0.3) is 0 Å². The average Bonchev–Trinajstić information content (AvgIpc) is 2.68. The molecule has 1 amide bonds. The number of rotatable bonds is 1. The maximum absolute atomic E-state index is 11.5. The van der Waals surface area contributed by atoms with Gasteiger partial charge in [0.25, 0.3) is 5.24 Å². The Balaban J connectivity index is 2.39. The highest BCUT2D eigenvalue weighted by atomic mass is 32.3. The molecule has 0 fully saturated rings. The maximum atomic E-state index is 11.5. The highest BCUT2D eigenvalue weighted by Gasteiger charge is 2.37. The fourth-order valence-corrected chi connectivity index (χ4v) is 3.37. The van der Waals surface area contributed by atoms with Gasteiger partial charge in [0, 0.05) is 17.8 Å². The topological polar surface area (TPSA) is 78.9 Å². The zero-order valence-corrected chi connectivity index (χ0v) is 8.67. The number of carbonyl (C=O) groups excluding carboxylic acids is 1. The fraction of sp³-hybridized carbons (Fsp3) is 0.111. The predicted molar refractivity (Wildman–Crippen MR) is 60.9 cm³/mol. The van der Waals surface area contributed by atoms with Crippen LogP contribution in [0.4, 0.5) is 4.79 Å². The van der Waals surface area contributed by atoms with Gasteiger partial charge < -0.3 is 10.8 Å². The molecule has 15 heavy (non-hydrogen) atoms. The Morgan fingerprint density at radius 2 is 2.33 bits per heavy atom. The lowest BCUT2D eigenvalue weighted by atomic mass is 10.4. The highest BCUT2D eigenvalue weighted by molar-refractivity contribution is 8.55. The van der Waals surface area contributed by atoms with Crippen LogP contribution in [0.3, 0.4) is 0 Å². The van der Waals surface area contributed by atoms with E-state index in [-0.39, 0.29) is 0 Å². The summed E-state index contributed by atoms with van der Waals surface area (Å²) in [5, 5.41) is 10.9. The van der Waals surface area contributed by atoms with Gasteiger partial charge in [-0.25, -0.2) is 0 Å². The van der Waals surface area contributed by atoms with E-state index in [1.54, 1.807) is 29.8 Å². The molecule has 0 saturated heterocycles. The van der Waals surface area contributed by atoms with Crippen LogP contribution in [-0.2, 0) is 0 Å². The molecular weight excluding hydrogens is 214 g/mol. The number of nitrogens with two attached hydrogens (primary N) is 1. The van der Waals surface area contributed by atoms with E-state index in [2.05, 4.69) is 4.99 Å². The summed E-state index contributed by atoms with van der Waals surface area (Å²) >= 11 is 0. The van der Waals surface area contributed by atoms with E-state index in [4.69, 9.17) is 5.73 Å². The summed E-state index contributed by atoms with van der Waals surface area (Å²) in [5.74, 6) is 0. The second-order valence-electron chi connectivity index (χ2n) is 3.03. The first-order chi connectivity index (χ1) is 7.17. The second-order valence-corrected chi connectivity index (χ2v) is 5.69. The third-order valence-corrected chi connectivity index (χ3v) is 4.79. The fourth-order valence-electron chi connectivity index (χ4n) is 1.39. The molecular formula is C9H11N3O2S. The van der Waals surface area contributed by atoms with Gasteiger partial charge in [-0.3, -0.25) is 14.1 Å². The van der Waals surface area contributed by atoms with Crippen LogP contribution < -0.4 is 5.73 Å². The van der Waals surface area contributed by atoms with Gasteiger partial charge in [-0.2, -0.15) is 0 Å². The standard InChI is InChI=1S/C9H11N3O2S/c10-9(14)15(6-4-11-7-15)12-5-2-1-3-8(12)13/h1-8,13H,(H2,10,14). The lowest BCUT2D eigenvalue weighted by Gasteiger charge is -2.41. The van der Waals surface area contributed by atoms with Crippen LogP contribution in [0.5, 0.6) is 0 Å². The maximum Gasteiger partial charge on any atom is 0.284 e. The molecule has 0 aliphatic carbocycles. The summed E-state index contributed by atoms with van der Waals surface area (Å²) in [6.45, 7) is 0. The van der Waals surface area contributed by atoms with Crippen molar-refractivity contribution in [1.29, 1.82) is 0 Å². The summed E-state index contributed by atoms with van der Waals surface area (Å²) in [6, 6.07) is 0. The number of aliphatic hydroxyl groups excluding tert-OH is 1. The van der Waals surface area contributed by atoms with Crippen LogP contribution >= 0.6 is 10.2 Å². The molecule has 6 heteroatoms. The highest BCUT2D eigenvalue weighted by Crippen LogP contribution is 2.54. The third kappa shape index (κ3) is 1.47. The number of hydrogen-bond donors (Lipinski definition) is 2. The van der Waals surface area contributed by atoms with Gasteiger partial charge in [0.1, 0.15) is 0 Å². The lowest BCUT2D eigenvalue weighted by Crippen LogP contribution is -2.38. The van der Waals surface area contributed by atoms with Crippen LogP contribution in [-0.4, -0.2) is 26.4 Å². The largest absolute Gasteiger partial charge is 0.369 e. The van der Waals surface area contributed by atoms with Crippen molar-refractivity contribution in [1.82, 2.24) is 4.31 Å². The van der Waals surface area contributed by atoms with Gasteiger partial charge in [-0.1, -0.05) is 6.08 Å². The van der Waals surface area contributed by atoms with Crippen LogP contribution in [0.1, 0.15) is 0 Å². The van der Waals surface area contributed by atoms with Gasteiger partial charge in [0.2, 0.25) is 0 Å². The molecule has 0 radical (unpaired) electrons. The Hall–Kier alpha value is -1.53. The SMILES string of the molecule is NC(=O)S1(N2C=CC=CC2O)C=CN=C1. The molecule has 0 saturated carbocycles. The summed E-state index contributed by atoms with van der Waals surface area (Å²) in [7, 11) is -2.12. The van der Waals surface area contributed by atoms with Gasteiger partial charge in [-0.05, 0) is 22.4 Å². The molecule has 0 spiro atoms. The van der Waals surface area contributed by atoms with E-state index in [1.807, 2.05) is 0 Å². The molecule has 0 aromatic carbocycles. The number of nitrogens with zero attached hydrogens (tertiary/aromatic N) is 2. The summed E-state index contributed by atoms with van der Waals surface area (Å²) in [5.41, 5.74) is 6.87. The number of primary amides is 1. The van der Waals surface area contributed by atoms with E-state index in [9.17, 15) is 9.90 Å². The first-order valence-electron chi connectivity index (χ1n) is 4.31. The van der Waals surface area contributed by atoms with Crippen molar-refractivity contribution in [3.05, 3.63) is 36.0 Å². The Labute approximate surface area is 88.7 Å². The Morgan fingerprint density at radius 1 is 1.53 bits per heavy atom. The molecule has 2 unspecified atom stereocenters. The normalized spacial score (nSPS) is 36.9. The quantitative estimate of drug-likeness (QED) is 0.698.